The number of quaternary nitrogens is 1. The summed E-state index contributed by atoms with van der Waals surface area (Å²) in [6, 6.07) is 14.7. The summed E-state index contributed by atoms with van der Waals surface area (Å²) in [6.45, 7) is 1.65. The molecule has 0 aliphatic heterocycles. The first-order chi connectivity index (χ1) is 20.0. The first-order valence-electron chi connectivity index (χ1n) is 13.5. The summed E-state index contributed by atoms with van der Waals surface area (Å²) in [5.74, 6) is -0.404. The molecule has 13 heteroatoms. The van der Waals surface area contributed by atoms with Crippen LogP contribution in [0.5, 0.6) is 0 Å². The number of fused-ring (bicyclic) bond motifs is 1. The van der Waals surface area contributed by atoms with Crippen LogP contribution in [0.4, 0.5) is 18.9 Å². The van der Waals surface area contributed by atoms with Gasteiger partial charge < -0.3 is 14.9 Å². The van der Waals surface area contributed by atoms with Gasteiger partial charge in [-0.15, -0.1) is 12.4 Å². The van der Waals surface area contributed by atoms with E-state index >= 15 is 0 Å². The molecule has 0 spiro atoms. The van der Waals surface area contributed by atoms with Crippen molar-refractivity contribution < 1.29 is 43.2 Å². The maximum Gasteiger partial charge on any atom is 0.422 e. The first kappa shape index (κ1) is 30.6. The van der Waals surface area contributed by atoms with Crippen LogP contribution < -0.4 is 10.5 Å². The molecule has 5 N–H and O–H groups in total. The molecule has 0 amide bonds. The minimum atomic E-state index is -4.82. The van der Waals surface area contributed by atoms with Crippen LogP contribution in [0.25, 0.3) is 34.0 Å². The SMILES string of the molecule is Cc1cc(-c2nc(-c3ccc4c(c3)CCC4NC3CC(C(=O)O)C3)no2)ccc1-c1cccc([NH+](O)O)c1C(F)(F)F.Cl. The third kappa shape index (κ3) is 5.89. The molecular weight excluding hydrogens is 589 g/mol. The lowest BCUT2D eigenvalue weighted by molar-refractivity contribution is -1.19. The van der Waals surface area contributed by atoms with Crippen LogP contribution >= 0.6 is 12.4 Å². The molecule has 1 unspecified atom stereocenters. The van der Waals surface area contributed by atoms with Gasteiger partial charge in [0.15, 0.2) is 0 Å². The van der Waals surface area contributed by atoms with Crippen LogP contribution in [-0.2, 0) is 17.4 Å². The van der Waals surface area contributed by atoms with Crippen molar-refractivity contribution in [3.05, 3.63) is 76.9 Å². The molecule has 1 heterocycles. The molecule has 1 atom stereocenters. The van der Waals surface area contributed by atoms with Crippen LogP contribution in [0.2, 0.25) is 0 Å². The average Bonchev–Trinajstić information content (AvgIpc) is 3.56. The molecule has 1 saturated carbocycles. The molecule has 4 aromatic rings. The third-order valence-corrected chi connectivity index (χ3v) is 8.18. The van der Waals surface area contributed by atoms with Crippen molar-refractivity contribution in [1.29, 1.82) is 0 Å². The standard InChI is InChI=1S/C30H27F3N4O5.ClH/c1-15-11-18(6-8-21(15)23-3-2-4-25(37(40)41)26(23)30(31,32)33)28-35-27(36-42-28)17-5-9-22-16(12-17)7-10-24(22)34-20-13-19(14-20)29(38)39;/h2-6,8-9,11-12,19-20,24,34,40-41H,7,10,13-14H2,1H3,(H,38,39);1H/p+1. The molecule has 0 radical (unpaired) electrons. The van der Waals surface area contributed by atoms with Gasteiger partial charge in [0.2, 0.25) is 11.5 Å². The van der Waals surface area contributed by atoms with E-state index in [-0.39, 0.29) is 47.4 Å². The molecule has 2 aliphatic rings. The van der Waals surface area contributed by atoms with Gasteiger partial charge in [0.05, 0.1) is 5.92 Å². The number of carboxylic acid groups (broad SMARTS) is 1. The van der Waals surface area contributed by atoms with Crippen molar-refractivity contribution >= 4 is 24.1 Å². The Morgan fingerprint density at radius 2 is 1.79 bits per heavy atom. The molecule has 2 aliphatic carbocycles. The van der Waals surface area contributed by atoms with Gasteiger partial charge in [-0.3, -0.25) is 4.79 Å². The van der Waals surface area contributed by atoms with Crippen molar-refractivity contribution in [2.75, 3.05) is 0 Å². The van der Waals surface area contributed by atoms with E-state index in [0.29, 0.717) is 29.8 Å². The Bertz CT molecular complexity index is 1670. The molecule has 0 saturated heterocycles. The van der Waals surface area contributed by atoms with Gasteiger partial charge in [-0.05, 0) is 78.3 Å². The van der Waals surface area contributed by atoms with Crippen LogP contribution in [0.1, 0.15) is 47.6 Å². The zero-order chi connectivity index (χ0) is 29.8. The van der Waals surface area contributed by atoms with E-state index in [4.69, 9.17) is 9.63 Å². The van der Waals surface area contributed by atoms with Crippen molar-refractivity contribution in [3.63, 3.8) is 0 Å². The smallest absolute Gasteiger partial charge is 0.422 e. The zero-order valence-corrected chi connectivity index (χ0v) is 23.7. The minimum absolute atomic E-state index is 0. The van der Waals surface area contributed by atoms with Crippen molar-refractivity contribution in [2.24, 2.45) is 5.92 Å². The average molecular weight is 618 g/mol. The van der Waals surface area contributed by atoms with Gasteiger partial charge in [-0.2, -0.15) is 28.6 Å². The molecule has 3 aromatic carbocycles. The van der Waals surface area contributed by atoms with E-state index in [1.54, 1.807) is 19.1 Å². The fourth-order valence-corrected chi connectivity index (χ4v) is 6.00. The van der Waals surface area contributed by atoms with Crippen LogP contribution in [0.15, 0.2) is 59.1 Å². The zero-order valence-electron chi connectivity index (χ0n) is 22.9. The summed E-state index contributed by atoms with van der Waals surface area (Å²) in [6.07, 6.45) is -1.74. The summed E-state index contributed by atoms with van der Waals surface area (Å²) in [5, 5.41) is 34.3. The quantitative estimate of drug-likeness (QED) is 0.170. The molecule has 1 aromatic heterocycles. The predicted molar refractivity (Wildman–Crippen MR) is 150 cm³/mol. The van der Waals surface area contributed by atoms with E-state index in [1.165, 1.54) is 29.3 Å². The van der Waals surface area contributed by atoms with E-state index in [2.05, 4.69) is 15.5 Å². The lowest BCUT2D eigenvalue weighted by atomic mass is 9.80. The van der Waals surface area contributed by atoms with Gasteiger partial charge in [-0.25, -0.2) is 0 Å². The number of nitrogens with zero attached hydrogens (tertiary/aromatic N) is 2. The number of halogens is 4. The third-order valence-electron chi connectivity index (χ3n) is 8.18. The summed E-state index contributed by atoms with van der Waals surface area (Å²) in [7, 11) is 0. The number of aryl methyl sites for hydroxylation is 2. The van der Waals surface area contributed by atoms with Gasteiger partial charge in [0.1, 0.15) is 5.56 Å². The Labute approximate surface area is 250 Å². The predicted octanol–water partition coefficient (Wildman–Crippen LogP) is 5.55. The van der Waals surface area contributed by atoms with Crippen LogP contribution in [-0.4, -0.2) is 37.7 Å². The molecule has 0 bridgehead atoms. The fraction of sp³-hybridized carbons (Fsp3) is 0.300. The number of aliphatic carboxylic acids is 1. The number of rotatable bonds is 7. The Morgan fingerprint density at radius 1 is 1.05 bits per heavy atom. The van der Waals surface area contributed by atoms with Crippen molar-refractivity contribution in [1.82, 2.24) is 15.5 Å². The Morgan fingerprint density at radius 3 is 2.47 bits per heavy atom. The number of nitrogens with one attached hydrogen (secondary N) is 2. The lowest BCUT2D eigenvalue weighted by Crippen LogP contribution is -3.02. The number of hydrogen-bond donors (Lipinski definition) is 5. The lowest BCUT2D eigenvalue weighted by Gasteiger charge is -2.35. The number of carboxylic acids is 1. The molecule has 6 rings (SSSR count). The summed E-state index contributed by atoms with van der Waals surface area (Å²) < 4.78 is 47.3. The highest BCUT2D eigenvalue weighted by Crippen LogP contribution is 2.42. The second-order valence-electron chi connectivity index (χ2n) is 10.9. The normalized spacial score (nSPS) is 19.6. The van der Waals surface area contributed by atoms with E-state index in [0.717, 1.165) is 24.5 Å². The second kappa shape index (κ2) is 11.7. The minimum Gasteiger partial charge on any atom is -0.481 e. The Balaban J connectivity index is 0.00000368. The van der Waals surface area contributed by atoms with Gasteiger partial charge >= 0.3 is 12.1 Å². The van der Waals surface area contributed by atoms with Gasteiger partial charge in [0.25, 0.3) is 5.89 Å². The number of aromatic nitrogens is 2. The van der Waals surface area contributed by atoms with Crippen LogP contribution in [0.3, 0.4) is 0 Å². The second-order valence-corrected chi connectivity index (χ2v) is 10.9. The fourth-order valence-electron chi connectivity index (χ4n) is 6.00. The highest BCUT2D eigenvalue weighted by atomic mass is 35.5. The van der Waals surface area contributed by atoms with E-state index in [1.807, 2.05) is 18.2 Å². The number of hydrogen-bond acceptors (Lipinski definition) is 7. The van der Waals surface area contributed by atoms with E-state index < -0.39 is 28.6 Å². The summed E-state index contributed by atoms with van der Waals surface area (Å²) >= 11 is 0. The monoisotopic (exact) mass is 617 g/mol. The number of alkyl halides is 3. The largest absolute Gasteiger partial charge is 0.481 e. The van der Waals surface area contributed by atoms with Gasteiger partial charge in [0, 0.05) is 34.8 Å². The highest BCUT2D eigenvalue weighted by Gasteiger charge is 2.41. The first-order valence-corrected chi connectivity index (χ1v) is 13.5. The van der Waals surface area contributed by atoms with Gasteiger partial charge in [-0.1, -0.05) is 35.5 Å². The summed E-state index contributed by atoms with van der Waals surface area (Å²) in [4.78, 5) is 15.6. The number of carbonyl (C=O) groups is 1. The molecule has 9 nitrogen and oxygen atoms in total. The maximum atomic E-state index is 13.9. The van der Waals surface area contributed by atoms with Crippen molar-refractivity contribution in [3.8, 4) is 34.0 Å². The topological polar surface area (TPSA) is 133 Å². The molecule has 1 fully saturated rings. The molecular formula is C30H29ClF3N4O5+. The maximum absolute atomic E-state index is 13.9. The highest BCUT2D eigenvalue weighted by molar-refractivity contribution is 5.85. The Hall–Kier alpha value is -3.81. The molecule has 226 valence electrons. The van der Waals surface area contributed by atoms with E-state index in [9.17, 15) is 28.4 Å². The summed E-state index contributed by atoms with van der Waals surface area (Å²) in [5.41, 5.74) is 2.42. The van der Waals surface area contributed by atoms with Crippen molar-refractivity contribution in [2.45, 2.75) is 50.9 Å². The Kier molecular flexibility index (Phi) is 8.34. The van der Waals surface area contributed by atoms with Crippen LogP contribution in [0, 0.1) is 12.8 Å². The molecule has 43 heavy (non-hydrogen) atoms. The number of benzene rings is 3.